The van der Waals surface area contributed by atoms with Crippen LogP contribution in [0.25, 0.3) is 0 Å². The zero-order valence-corrected chi connectivity index (χ0v) is 12.2. The third-order valence-corrected chi connectivity index (χ3v) is 3.01. The summed E-state index contributed by atoms with van der Waals surface area (Å²) in [6.07, 6.45) is 3.50. The molecule has 0 saturated heterocycles. The van der Waals surface area contributed by atoms with Crippen molar-refractivity contribution in [1.29, 1.82) is 0 Å². The standard InChI is InChI=1S/C14H15BrN4/c1-3-7-16-13-6-8-17-14(19-13)18-12-5-4-11(15)9-10(12)2/h3-6,8-9H,1,7H2,2H3,(H2,16,17,18,19). The summed E-state index contributed by atoms with van der Waals surface area (Å²) >= 11 is 3.44. The summed E-state index contributed by atoms with van der Waals surface area (Å²) in [4.78, 5) is 8.58. The first-order valence-corrected chi connectivity index (χ1v) is 6.69. The van der Waals surface area contributed by atoms with Crippen molar-refractivity contribution in [2.24, 2.45) is 0 Å². The number of aryl methyl sites for hydroxylation is 1. The van der Waals surface area contributed by atoms with Crippen molar-refractivity contribution in [3.8, 4) is 0 Å². The van der Waals surface area contributed by atoms with E-state index in [2.05, 4.69) is 43.1 Å². The van der Waals surface area contributed by atoms with E-state index in [1.165, 1.54) is 0 Å². The van der Waals surface area contributed by atoms with E-state index in [9.17, 15) is 0 Å². The number of nitrogens with one attached hydrogen (secondary N) is 2. The van der Waals surface area contributed by atoms with Crippen LogP contribution in [-0.4, -0.2) is 16.5 Å². The molecule has 0 spiro atoms. The number of rotatable bonds is 5. The number of nitrogens with zero attached hydrogens (tertiary/aromatic N) is 2. The number of aromatic nitrogens is 2. The number of hydrogen-bond donors (Lipinski definition) is 2. The Morgan fingerprint density at radius 3 is 2.95 bits per heavy atom. The quantitative estimate of drug-likeness (QED) is 0.821. The molecule has 0 aliphatic carbocycles. The fraction of sp³-hybridized carbons (Fsp3) is 0.143. The van der Waals surface area contributed by atoms with E-state index < -0.39 is 0 Å². The molecule has 0 saturated carbocycles. The van der Waals surface area contributed by atoms with Gasteiger partial charge >= 0.3 is 0 Å². The van der Waals surface area contributed by atoms with Crippen LogP contribution in [0.4, 0.5) is 17.5 Å². The van der Waals surface area contributed by atoms with Crippen molar-refractivity contribution in [2.75, 3.05) is 17.2 Å². The molecule has 19 heavy (non-hydrogen) atoms. The van der Waals surface area contributed by atoms with Gasteiger partial charge in [0.05, 0.1) is 0 Å². The number of halogens is 1. The summed E-state index contributed by atoms with van der Waals surface area (Å²) in [5.41, 5.74) is 2.12. The highest BCUT2D eigenvalue weighted by Gasteiger charge is 2.02. The highest BCUT2D eigenvalue weighted by molar-refractivity contribution is 9.10. The third-order valence-electron chi connectivity index (χ3n) is 2.52. The van der Waals surface area contributed by atoms with Crippen molar-refractivity contribution in [2.45, 2.75) is 6.92 Å². The Kier molecular flexibility index (Phi) is 4.52. The van der Waals surface area contributed by atoms with Gasteiger partial charge in [-0.1, -0.05) is 22.0 Å². The smallest absolute Gasteiger partial charge is 0.229 e. The van der Waals surface area contributed by atoms with Gasteiger partial charge in [0.25, 0.3) is 0 Å². The molecular formula is C14H15BrN4. The van der Waals surface area contributed by atoms with Gasteiger partial charge in [0.2, 0.25) is 5.95 Å². The van der Waals surface area contributed by atoms with Gasteiger partial charge in [0, 0.05) is 22.9 Å². The average Bonchev–Trinajstić information content (AvgIpc) is 2.40. The molecule has 1 heterocycles. The lowest BCUT2D eigenvalue weighted by molar-refractivity contribution is 1.14. The zero-order valence-electron chi connectivity index (χ0n) is 10.7. The second-order valence-electron chi connectivity index (χ2n) is 4.02. The maximum absolute atomic E-state index is 4.38. The molecule has 0 atom stereocenters. The Morgan fingerprint density at radius 1 is 1.37 bits per heavy atom. The molecule has 2 N–H and O–H groups in total. The molecule has 0 unspecified atom stereocenters. The van der Waals surface area contributed by atoms with Crippen LogP contribution >= 0.6 is 15.9 Å². The highest BCUT2D eigenvalue weighted by Crippen LogP contribution is 2.22. The molecule has 2 aromatic rings. The first-order chi connectivity index (χ1) is 9.19. The van der Waals surface area contributed by atoms with Crippen LogP contribution in [0, 0.1) is 6.92 Å². The molecule has 1 aromatic heterocycles. The minimum atomic E-state index is 0.569. The van der Waals surface area contributed by atoms with Gasteiger partial charge in [-0.05, 0) is 36.8 Å². The number of benzene rings is 1. The minimum absolute atomic E-state index is 0.569. The molecule has 0 aliphatic heterocycles. The fourth-order valence-electron chi connectivity index (χ4n) is 1.58. The minimum Gasteiger partial charge on any atom is -0.366 e. The molecular weight excluding hydrogens is 304 g/mol. The Bertz CT molecular complexity index is 583. The molecule has 0 fully saturated rings. The monoisotopic (exact) mass is 318 g/mol. The van der Waals surface area contributed by atoms with Crippen LogP contribution in [0.15, 0.2) is 47.6 Å². The summed E-state index contributed by atoms with van der Waals surface area (Å²) in [5.74, 6) is 1.34. The highest BCUT2D eigenvalue weighted by atomic mass is 79.9. The van der Waals surface area contributed by atoms with Gasteiger partial charge in [-0.2, -0.15) is 4.98 Å². The molecule has 2 rings (SSSR count). The second-order valence-corrected chi connectivity index (χ2v) is 4.93. The Hall–Kier alpha value is -1.88. The topological polar surface area (TPSA) is 49.8 Å². The van der Waals surface area contributed by atoms with Crippen molar-refractivity contribution in [3.63, 3.8) is 0 Å². The summed E-state index contributed by atoms with van der Waals surface area (Å²) < 4.78 is 1.05. The van der Waals surface area contributed by atoms with Crippen molar-refractivity contribution in [3.05, 3.63) is 53.2 Å². The number of anilines is 3. The fourth-order valence-corrected chi connectivity index (χ4v) is 2.06. The summed E-state index contributed by atoms with van der Waals surface area (Å²) in [6, 6.07) is 7.84. The number of hydrogen-bond acceptors (Lipinski definition) is 4. The summed E-state index contributed by atoms with van der Waals surface area (Å²) in [6.45, 7) is 6.37. The van der Waals surface area contributed by atoms with E-state index in [0.717, 1.165) is 21.5 Å². The molecule has 0 amide bonds. The molecule has 5 heteroatoms. The van der Waals surface area contributed by atoms with Crippen molar-refractivity contribution >= 4 is 33.4 Å². The van der Waals surface area contributed by atoms with Crippen molar-refractivity contribution < 1.29 is 0 Å². The van der Waals surface area contributed by atoms with Gasteiger partial charge in [-0.3, -0.25) is 0 Å². The van der Waals surface area contributed by atoms with Crippen LogP contribution in [0.3, 0.4) is 0 Å². The molecule has 1 aromatic carbocycles. The Morgan fingerprint density at radius 2 is 2.21 bits per heavy atom. The van der Waals surface area contributed by atoms with Crippen molar-refractivity contribution in [1.82, 2.24) is 9.97 Å². The van der Waals surface area contributed by atoms with E-state index in [-0.39, 0.29) is 0 Å². The molecule has 0 aliphatic rings. The first-order valence-electron chi connectivity index (χ1n) is 5.90. The predicted octanol–water partition coefficient (Wildman–Crippen LogP) is 3.89. The van der Waals surface area contributed by atoms with E-state index in [4.69, 9.17) is 0 Å². The maximum Gasteiger partial charge on any atom is 0.229 e. The van der Waals surface area contributed by atoms with Crippen LogP contribution in [0.1, 0.15) is 5.56 Å². The molecule has 4 nitrogen and oxygen atoms in total. The van der Waals surface area contributed by atoms with Gasteiger partial charge in [-0.25, -0.2) is 4.98 Å². The van der Waals surface area contributed by atoms with E-state index in [1.54, 1.807) is 12.3 Å². The third kappa shape index (κ3) is 3.79. The van der Waals surface area contributed by atoms with Gasteiger partial charge < -0.3 is 10.6 Å². The SMILES string of the molecule is C=CCNc1ccnc(Nc2ccc(Br)cc2C)n1. The normalized spacial score (nSPS) is 10.0. The van der Waals surface area contributed by atoms with Gasteiger partial charge in [-0.15, -0.1) is 6.58 Å². The van der Waals surface area contributed by atoms with Crippen LogP contribution < -0.4 is 10.6 Å². The predicted molar refractivity (Wildman–Crippen MR) is 82.9 cm³/mol. The summed E-state index contributed by atoms with van der Waals surface area (Å²) in [5, 5.41) is 6.33. The molecule has 0 radical (unpaired) electrons. The van der Waals surface area contributed by atoms with E-state index in [1.807, 2.05) is 31.2 Å². The lowest BCUT2D eigenvalue weighted by Crippen LogP contribution is -2.04. The van der Waals surface area contributed by atoms with Crippen LogP contribution in [-0.2, 0) is 0 Å². The van der Waals surface area contributed by atoms with E-state index >= 15 is 0 Å². The Balaban J connectivity index is 2.16. The lowest BCUT2D eigenvalue weighted by Gasteiger charge is -2.09. The largest absolute Gasteiger partial charge is 0.366 e. The van der Waals surface area contributed by atoms with Gasteiger partial charge in [0.1, 0.15) is 5.82 Å². The average molecular weight is 319 g/mol. The lowest BCUT2D eigenvalue weighted by atomic mass is 10.2. The molecule has 98 valence electrons. The summed E-state index contributed by atoms with van der Waals surface area (Å²) in [7, 11) is 0. The van der Waals surface area contributed by atoms with Gasteiger partial charge in [0.15, 0.2) is 0 Å². The first kappa shape index (κ1) is 13.5. The maximum atomic E-state index is 4.38. The Labute approximate surface area is 121 Å². The van der Waals surface area contributed by atoms with Crippen LogP contribution in [0.5, 0.6) is 0 Å². The zero-order chi connectivity index (χ0) is 13.7. The van der Waals surface area contributed by atoms with E-state index in [0.29, 0.717) is 12.5 Å². The second kappa shape index (κ2) is 6.33. The molecule has 0 bridgehead atoms. The van der Waals surface area contributed by atoms with Crippen LogP contribution in [0.2, 0.25) is 0 Å².